The van der Waals surface area contributed by atoms with E-state index in [1.165, 1.54) is 0 Å². The van der Waals surface area contributed by atoms with Crippen LogP contribution in [-0.4, -0.2) is 44.6 Å². The maximum absolute atomic E-state index is 4.88. The Bertz CT molecular complexity index is 184. The van der Waals surface area contributed by atoms with Crippen LogP contribution < -0.4 is 59.1 Å². The van der Waals surface area contributed by atoms with E-state index in [4.69, 9.17) is 49.7 Å². The molecule has 0 aromatic rings. The van der Waals surface area contributed by atoms with Crippen molar-refractivity contribution >= 4 is 58.3 Å². The predicted octanol–water partition coefficient (Wildman–Crippen LogP) is -5.72. The molecule has 0 spiro atoms. The second-order valence-electron chi connectivity index (χ2n) is 2.51. The summed E-state index contributed by atoms with van der Waals surface area (Å²) in [5.74, 6) is 0. The molecular formula is C6H8N2Na2S4. The zero-order valence-corrected chi connectivity index (χ0v) is 15.6. The van der Waals surface area contributed by atoms with Crippen molar-refractivity contribution in [3.63, 3.8) is 0 Å². The first-order chi connectivity index (χ1) is 5.61. The van der Waals surface area contributed by atoms with Gasteiger partial charge >= 0.3 is 59.1 Å². The van der Waals surface area contributed by atoms with E-state index in [0.717, 1.165) is 26.2 Å². The molecular weight excluding hydrogens is 274 g/mol. The van der Waals surface area contributed by atoms with Crippen molar-refractivity contribution in [3.05, 3.63) is 0 Å². The van der Waals surface area contributed by atoms with Crippen molar-refractivity contribution in [2.75, 3.05) is 26.2 Å². The van der Waals surface area contributed by atoms with Gasteiger partial charge in [-0.3, -0.25) is 0 Å². The summed E-state index contributed by atoms with van der Waals surface area (Å²) in [6.45, 7) is 3.39. The molecule has 0 unspecified atom stereocenters. The molecule has 1 aliphatic heterocycles. The van der Waals surface area contributed by atoms with Crippen LogP contribution >= 0.6 is 24.4 Å². The molecule has 0 aromatic carbocycles. The summed E-state index contributed by atoms with van der Waals surface area (Å²) in [6.07, 6.45) is 0. The Balaban J connectivity index is 0. The molecule has 1 saturated heterocycles. The van der Waals surface area contributed by atoms with Crippen molar-refractivity contribution in [2.45, 2.75) is 0 Å². The first kappa shape index (κ1) is 18.6. The Kier molecular flexibility index (Phi) is 12.3. The van der Waals surface area contributed by atoms with Gasteiger partial charge in [0.15, 0.2) is 0 Å². The van der Waals surface area contributed by atoms with Crippen LogP contribution in [0.3, 0.4) is 0 Å². The van der Waals surface area contributed by atoms with Gasteiger partial charge in [0.1, 0.15) is 0 Å². The summed E-state index contributed by atoms with van der Waals surface area (Å²) in [5.41, 5.74) is 0. The van der Waals surface area contributed by atoms with E-state index >= 15 is 0 Å². The monoisotopic (exact) mass is 282 g/mol. The van der Waals surface area contributed by atoms with E-state index < -0.39 is 0 Å². The van der Waals surface area contributed by atoms with Gasteiger partial charge in [0, 0.05) is 26.2 Å². The van der Waals surface area contributed by atoms with E-state index in [0.29, 0.717) is 8.64 Å². The van der Waals surface area contributed by atoms with Gasteiger partial charge in [-0.1, -0.05) is 8.64 Å². The number of hydrogen-bond acceptors (Lipinski definition) is 4. The third-order valence-electron chi connectivity index (χ3n) is 1.80. The van der Waals surface area contributed by atoms with E-state index in [2.05, 4.69) is 0 Å². The Hall–Kier alpha value is 2.22. The van der Waals surface area contributed by atoms with E-state index in [1.807, 2.05) is 9.80 Å². The largest absolute Gasteiger partial charge is 1.00 e. The van der Waals surface area contributed by atoms with E-state index in [9.17, 15) is 0 Å². The average molecular weight is 282 g/mol. The molecule has 1 fully saturated rings. The molecule has 1 heterocycles. The molecule has 1 rings (SSSR count). The molecule has 0 radical (unpaired) electrons. The Labute approximate surface area is 151 Å². The van der Waals surface area contributed by atoms with Gasteiger partial charge in [0.05, 0.1) is 0 Å². The van der Waals surface area contributed by atoms with Crippen LogP contribution in [0.25, 0.3) is 0 Å². The van der Waals surface area contributed by atoms with Gasteiger partial charge < -0.3 is 59.5 Å². The second-order valence-corrected chi connectivity index (χ2v) is 4.57. The number of nitrogens with zero attached hydrogens (tertiary/aromatic N) is 2. The minimum atomic E-state index is 0. The molecule has 0 aliphatic carbocycles. The van der Waals surface area contributed by atoms with Crippen molar-refractivity contribution in [3.8, 4) is 0 Å². The van der Waals surface area contributed by atoms with Gasteiger partial charge in [0.2, 0.25) is 0 Å². The first-order valence-electron chi connectivity index (χ1n) is 3.53. The van der Waals surface area contributed by atoms with Crippen LogP contribution in [0, 0.1) is 0 Å². The van der Waals surface area contributed by atoms with E-state index in [1.54, 1.807) is 0 Å². The summed E-state index contributed by atoms with van der Waals surface area (Å²) < 4.78 is 1.09. The van der Waals surface area contributed by atoms with Crippen LogP contribution in [0.4, 0.5) is 0 Å². The number of hydrogen-bond donors (Lipinski definition) is 0. The van der Waals surface area contributed by atoms with Gasteiger partial charge in [-0.2, -0.15) is 0 Å². The Morgan fingerprint density at radius 3 is 1.14 bits per heavy atom. The van der Waals surface area contributed by atoms with Gasteiger partial charge in [0.25, 0.3) is 0 Å². The molecule has 0 saturated carbocycles. The van der Waals surface area contributed by atoms with Crippen LogP contribution in [0.1, 0.15) is 0 Å². The molecule has 0 amide bonds. The van der Waals surface area contributed by atoms with Crippen LogP contribution in [-0.2, 0) is 25.3 Å². The number of piperazine rings is 1. The minimum absolute atomic E-state index is 0. The smallest absolute Gasteiger partial charge is 0.411 e. The summed E-state index contributed by atoms with van der Waals surface area (Å²) in [4.78, 5) is 3.99. The molecule has 1 aliphatic rings. The molecule has 0 N–H and O–H groups in total. The molecule has 2 nitrogen and oxygen atoms in total. The molecule has 8 heteroatoms. The zero-order valence-electron chi connectivity index (χ0n) is 8.36. The van der Waals surface area contributed by atoms with Gasteiger partial charge in [-0.05, 0) is 0 Å². The summed E-state index contributed by atoms with van der Waals surface area (Å²) in [6, 6.07) is 0. The second kappa shape index (κ2) is 9.27. The zero-order chi connectivity index (χ0) is 9.14. The van der Waals surface area contributed by atoms with Crippen molar-refractivity contribution in [1.29, 1.82) is 0 Å². The SMILES string of the molecule is S=C([S-])N1CCN(C(=S)[S-])CC1.[Na+].[Na+]. The van der Waals surface area contributed by atoms with Gasteiger partial charge in [-0.25, -0.2) is 0 Å². The summed E-state index contributed by atoms with van der Waals surface area (Å²) >= 11 is 19.5. The number of rotatable bonds is 0. The van der Waals surface area contributed by atoms with E-state index in [-0.39, 0.29) is 59.1 Å². The third kappa shape index (κ3) is 6.08. The predicted molar refractivity (Wildman–Crippen MR) is 63.1 cm³/mol. The molecule has 0 bridgehead atoms. The Morgan fingerprint density at radius 1 is 0.786 bits per heavy atom. The fraction of sp³-hybridized carbons (Fsp3) is 0.667. The standard InChI is InChI=1S/C6H10N2S4.2Na/c9-5(10)7-1-2-8(4-3-7)6(11)12;;/h1-4H2,(H,9,10)(H,11,12);;/q;2*+1/p-2. The van der Waals surface area contributed by atoms with Crippen LogP contribution in [0.5, 0.6) is 0 Å². The van der Waals surface area contributed by atoms with Crippen LogP contribution in [0.15, 0.2) is 0 Å². The van der Waals surface area contributed by atoms with Gasteiger partial charge in [-0.15, -0.1) is 0 Å². The molecule has 0 atom stereocenters. The molecule has 68 valence electrons. The van der Waals surface area contributed by atoms with Crippen molar-refractivity contribution < 1.29 is 59.1 Å². The quantitative estimate of drug-likeness (QED) is 0.246. The average Bonchev–Trinajstić information content (AvgIpc) is 2.04. The summed E-state index contributed by atoms with van der Waals surface area (Å²) in [5, 5.41) is 0. The first-order valence-corrected chi connectivity index (χ1v) is 5.16. The fourth-order valence-electron chi connectivity index (χ4n) is 1.07. The third-order valence-corrected chi connectivity index (χ3v) is 2.83. The Morgan fingerprint density at radius 2 is 1.00 bits per heavy atom. The topological polar surface area (TPSA) is 6.48 Å². The minimum Gasteiger partial charge on any atom is -0.411 e. The van der Waals surface area contributed by atoms with Crippen LogP contribution in [0.2, 0.25) is 0 Å². The maximum atomic E-state index is 4.88. The van der Waals surface area contributed by atoms with Crippen molar-refractivity contribution in [1.82, 2.24) is 9.80 Å². The maximum Gasteiger partial charge on any atom is 1.00 e. The number of thiocarbonyl (C=S) groups is 2. The summed E-state index contributed by atoms with van der Waals surface area (Å²) in [7, 11) is 0. The fourth-order valence-corrected chi connectivity index (χ4v) is 1.80. The molecule has 14 heavy (non-hydrogen) atoms. The molecule has 0 aromatic heterocycles. The van der Waals surface area contributed by atoms with Crippen molar-refractivity contribution in [2.24, 2.45) is 0 Å². The normalized spacial score (nSPS) is 15.1.